The lowest BCUT2D eigenvalue weighted by Gasteiger charge is -2.61. The summed E-state index contributed by atoms with van der Waals surface area (Å²) in [6, 6.07) is 14.6. The maximum absolute atomic E-state index is 14.3. The highest BCUT2D eigenvalue weighted by molar-refractivity contribution is 6.08. The number of hydrogen-bond acceptors (Lipinski definition) is 16. The van der Waals surface area contributed by atoms with Crippen LogP contribution in [0.2, 0.25) is 0 Å². The zero-order chi connectivity index (χ0) is 56.9. The normalized spacial score (nSPS) is 25.9. The fourth-order valence-corrected chi connectivity index (χ4v) is 11.5. The molecular weight excluding hydrogens is 1030 g/mol. The number of carbonyl (C=O) groups excluding carboxylic acids is 8. The third-order valence-electron chi connectivity index (χ3n) is 16.3. The zero-order valence-electron chi connectivity index (χ0n) is 44.8. The first kappa shape index (κ1) is 56.4. The average molecular weight is 1100 g/mol. The van der Waals surface area contributed by atoms with E-state index in [2.05, 4.69) is 47.4 Å². The summed E-state index contributed by atoms with van der Waals surface area (Å²) in [7, 11) is 0. The molecule has 80 heavy (non-hydrogen) atoms. The predicted octanol–water partition coefficient (Wildman–Crippen LogP) is -0.761. The van der Waals surface area contributed by atoms with E-state index in [9.17, 15) is 58.8 Å². The monoisotopic (exact) mass is 1100 g/mol. The number of aromatic hydroxyl groups is 4. The number of phenols is 4. The standard InChI is InChI=1S/C56H68N12O12/c1-55-31-64-54(80)41-42(55)40-30-39(46(41)72)53(79)63-17-24-66-21-14-59-49(75)37-10-5-11-38(45(37)71)52(78)62-18-25-68(32-56(40,55)2)29-28-67-22-15-60-50(76)35-8-3-6-33(43(35)69)47(73)57-12-19-65(26-27-66)20-13-58-48(74)34-7-4-9-36(44(34)70)51(77)61-16-23-67/h3-11,30,69-72H,12-29,31-32H2,1-2H3,(H,57,73)(H,58,74)(H,59,75)(H,60,76)(H,61,77)(H,62,78)(H,63,79)(H,64,80). The van der Waals surface area contributed by atoms with E-state index in [1.807, 2.05) is 28.5 Å². The summed E-state index contributed by atoms with van der Waals surface area (Å²) < 4.78 is 0. The van der Waals surface area contributed by atoms with Crippen LogP contribution in [0.15, 0.2) is 60.7 Å². The number of benzene rings is 4. The lowest BCUT2D eigenvalue weighted by Crippen LogP contribution is -2.67. The molecule has 8 amide bonds. The van der Waals surface area contributed by atoms with Gasteiger partial charge in [0.05, 0.1) is 44.5 Å². The topological polar surface area (TPSA) is 327 Å². The number of carbonyl (C=O) groups is 8. The van der Waals surface area contributed by atoms with Gasteiger partial charge >= 0.3 is 0 Å². The minimum absolute atomic E-state index is 0.0219. The van der Waals surface area contributed by atoms with Crippen LogP contribution in [-0.4, -0.2) is 218 Å². The molecule has 4 aromatic rings. The first-order valence-electron chi connectivity index (χ1n) is 26.9. The molecule has 0 aromatic heterocycles. The van der Waals surface area contributed by atoms with Crippen molar-refractivity contribution in [3.8, 4) is 23.0 Å². The summed E-state index contributed by atoms with van der Waals surface area (Å²) in [6.45, 7) is 7.20. The quantitative estimate of drug-likeness (QED) is 0.103. The molecule has 0 radical (unpaired) electrons. The highest BCUT2D eigenvalue weighted by Crippen LogP contribution is 2.60. The van der Waals surface area contributed by atoms with Gasteiger partial charge in [0.2, 0.25) is 0 Å². The lowest BCUT2D eigenvalue weighted by molar-refractivity contribution is 0.0759. The first-order valence-corrected chi connectivity index (χ1v) is 26.9. The van der Waals surface area contributed by atoms with Crippen LogP contribution in [0.25, 0.3) is 0 Å². The van der Waals surface area contributed by atoms with Gasteiger partial charge < -0.3 is 63.0 Å². The van der Waals surface area contributed by atoms with Crippen molar-refractivity contribution < 1.29 is 58.8 Å². The van der Waals surface area contributed by atoms with Crippen LogP contribution in [0.4, 0.5) is 0 Å². The summed E-state index contributed by atoms with van der Waals surface area (Å²) in [5.74, 6) is -6.96. The molecule has 4 aromatic carbocycles. The second-order valence-corrected chi connectivity index (χ2v) is 21.1. The minimum atomic E-state index is -0.796. The van der Waals surface area contributed by atoms with Crippen LogP contribution in [0.1, 0.15) is 108 Å². The van der Waals surface area contributed by atoms with E-state index < -0.39 is 81.1 Å². The predicted molar refractivity (Wildman–Crippen MR) is 292 cm³/mol. The van der Waals surface area contributed by atoms with Gasteiger partial charge in [-0.1, -0.05) is 32.0 Å². The highest BCUT2D eigenvalue weighted by atomic mass is 16.3. The molecule has 0 saturated heterocycles. The van der Waals surface area contributed by atoms with E-state index in [-0.39, 0.29) is 175 Å². The van der Waals surface area contributed by atoms with Crippen molar-refractivity contribution in [1.82, 2.24) is 62.1 Å². The number of amides is 8. The molecule has 4 atom stereocenters. The molecule has 6 aliphatic rings. The van der Waals surface area contributed by atoms with Crippen molar-refractivity contribution in [2.24, 2.45) is 0 Å². The van der Waals surface area contributed by atoms with Gasteiger partial charge in [0.1, 0.15) is 23.0 Å². The molecule has 5 aliphatic heterocycles. The molecule has 424 valence electrons. The Morgan fingerprint density at radius 1 is 0.350 bits per heavy atom. The molecule has 5 heterocycles. The maximum Gasteiger partial charge on any atom is 0.255 e. The molecule has 12 N–H and O–H groups in total. The third-order valence-corrected chi connectivity index (χ3v) is 16.3. The van der Waals surface area contributed by atoms with Crippen molar-refractivity contribution in [3.63, 3.8) is 0 Å². The largest absolute Gasteiger partial charge is 0.506 e. The van der Waals surface area contributed by atoms with Crippen LogP contribution in [0.3, 0.4) is 0 Å². The van der Waals surface area contributed by atoms with Gasteiger partial charge in [-0.25, -0.2) is 0 Å². The molecule has 0 fully saturated rings. The van der Waals surface area contributed by atoms with Crippen LogP contribution in [0, 0.1) is 0 Å². The number of hydrogen-bond donors (Lipinski definition) is 12. The van der Waals surface area contributed by atoms with Gasteiger partial charge in [0.15, 0.2) is 0 Å². The van der Waals surface area contributed by atoms with Crippen LogP contribution >= 0.6 is 0 Å². The second-order valence-electron chi connectivity index (χ2n) is 21.1. The zero-order valence-corrected chi connectivity index (χ0v) is 44.8. The molecule has 4 unspecified atom stereocenters. The van der Waals surface area contributed by atoms with E-state index >= 15 is 0 Å². The Labute approximate surface area is 461 Å². The van der Waals surface area contributed by atoms with E-state index in [0.717, 1.165) is 0 Å². The summed E-state index contributed by atoms with van der Waals surface area (Å²) >= 11 is 0. The first-order chi connectivity index (χ1) is 38.4. The van der Waals surface area contributed by atoms with Gasteiger partial charge in [-0.2, -0.15) is 0 Å². The van der Waals surface area contributed by atoms with Crippen LogP contribution in [-0.2, 0) is 10.8 Å². The van der Waals surface area contributed by atoms with E-state index in [1.165, 1.54) is 54.6 Å². The van der Waals surface area contributed by atoms with Gasteiger partial charge in [-0.05, 0) is 53.6 Å². The van der Waals surface area contributed by atoms with Crippen molar-refractivity contribution in [2.75, 3.05) is 131 Å². The minimum Gasteiger partial charge on any atom is -0.506 e. The average Bonchev–Trinajstić information content (AvgIpc) is 3.62. The van der Waals surface area contributed by atoms with Gasteiger partial charge in [0.25, 0.3) is 47.3 Å². The molecule has 1 aliphatic carbocycles. The number of rotatable bonds is 0. The molecule has 24 nitrogen and oxygen atoms in total. The van der Waals surface area contributed by atoms with Gasteiger partial charge in [-0.15, -0.1) is 0 Å². The summed E-state index contributed by atoms with van der Waals surface area (Å²) in [5, 5.41) is 68.9. The SMILES string of the molecule is CC12CN3CCNC(=O)c4cccc(c4O)C(=O)NCCN(CCNC(=O)c4cc1c1c(c4O)C(=O)NCC12C)CCN1CCNC(=O)c2cccc(c2O)C(=O)NCCN(CCNC(=O)c2cccc(c2O)C(=O)NCC1)CC3. The molecule has 10 rings (SSSR count). The molecule has 12 bridgehead atoms. The Morgan fingerprint density at radius 3 is 0.963 bits per heavy atom. The Balaban J connectivity index is 1.15. The van der Waals surface area contributed by atoms with Gasteiger partial charge in [0, 0.05) is 142 Å². The maximum atomic E-state index is 14.3. The Bertz CT molecular complexity index is 3050. The van der Waals surface area contributed by atoms with Gasteiger partial charge in [-0.3, -0.25) is 58.0 Å². The smallest absolute Gasteiger partial charge is 0.255 e. The number of phenolic OH excluding ortho intramolecular Hbond substituents is 4. The molecule has 0 saturated carbocycles. The summed E-state index contributed by atoms with van der Waals surface area (Å²) in [5.41, 5.74) is -1.03. The third kappa shape index (κ3) is 11.4. The van der Waals surface area contributed by atoms with Crippen molar-refractivity contribution in [1.29, 1.82) is 0 Å². The highest BCUT2D eigenvalue weighted by Gasteiger charge is 2.62. The summed E-state index contributed by atoms with van der Waals surface area (Å²) in [6.07, 6.45) is 0. The van der Waals surface area contributed by atoms with Crippen LogP contribution in [0.5, 0.6) is 23.0 Å². The second kappa shape index (κ2) is 24.0. The fraction of sp³-hybridized carbons (Fsp3) is 0.429. The molecule has 0 spiro atoms. The number of nitrogens with one attached hydrogen (secondary N) is 8. The van der Waals surface area contributed by atoms with E-state index in [4.69, 9.17) is 0 Å². The Morgan fingerprint density at radius 2 is 0.637 bits per heavy atom. The molecular formula is C56H68N12O12. The number of nitrogens with zero attached hydrogens (tertiary/aromatic N) is 4. The fourth-order valence-electron chi connectivity index (χ4n) is 11.5. The lowest BCUT2D eigenvalue weighted by atomic mass is 9.45. The van der Waals surface area contributed by atoms with E-state index in [1.54, 1.807) is 6.07 Å². The molecule has 24 heteroatoms. The summed E-state index contributed by atoms with van der Waals surface area (Å²) in [4.78, 5) is 118. The van der Waals surface area contributed by atoms with Crippen molar-refractivity contribution >= 4 is 47.3 Å². The Kier molecular flexibility index (Phi) is 16.9. The van der Waals surface area contributed by atoms with Crippen molar-refractivity contribution in [3.05, 3.63) is 116 Å². The number of para-hydroxylation sites is 3. The van der Waals surface area contributed by atoms with E-state index in [0.29, 0.717) is 11.1 Å². The van der Waals surface area contributed by atoms with Crippen LogP contribution < -0.4 is 42.5 Å². The Hall–Kier alpha value is -8.32. The van der Waals surface area contributed by atoms with Crippen molar-refractivity contribution in [2.45, 2.75) is 24.7 Å². The number of fused-ring (bicyclic) bond motifs is 16.